The Kier molecular flexibility index (Phi) is 5.32. The molecule has 0 aromatic heterocycles. The van der Waals surface area contributed by atoms with Crippen molar-refractivity contribution in [2.75, 3.05) is 44.7 Å². The molecular formula is C16H19N3O3S. The minimum absolute atomic E-state index is 0.239. The number of ether oxygens (including phenoxy) is 1. The van der Waals surface area contributed by atoms with Gasteiger partial charge < -0.3 is 15.4 Å². The van der Waals surface area contributed by atoms with Gasteiger partial charge in [0.1, 0.15) is 0 Å². The third-order valence-electron chi connectivity index (χ3n) is 3.67. The van der Waals surface area contributed by atoms with Crippen LogP contribution in [0, 0.1) is 0 Å². The fraction of sp³-hybridized carbons (Fsp3) is 0.375. The molecule has 6 nitrogen and oxygen atoms in total. The Bertz CT molecular complexity index is 627. The molecule has 0 saturated carbocycles. The summed E-state index contributed by atoms with van der Waals surface area (Å²) in [5.74, 6) is -0.479. The molecule has 23 heavy (non-hydrogen) atoms. The van der Waals surface area contributed by atoms with Crippen LogP contribution in [0.3, 0.4) is 0 Å². The number of rotatable bonds is 4. The molecule has 2 aliphatic heterocycles. The Morgan fingerprint density at radius 2 is 2.13 bits per heavy atom. The molecule has 2 amide bonds. The number of nitrogens with one attached hydrogen (secondary N) is 2. The molecule has 0 unspecified atom stereocenters. The van der Waals surface area contributed by atoms with E-state index in [0.29, 0.717) is 11.4 Å². The lowest BCUT2D eigenvalue weighted by Crippen LogP contribution is -2.41. The minimum Gasteiger partial charge on any atom is -0.379 e. The van der Waals surface area contributed by atoms with E-state index in [1.807, 2.05) is 24.3 Å². The molecule has 1 saturated heterocycles. The summed E-state index contributed by atoms with van der Waals surface area (Å²) < 4.78 is 5.28. The van der Waals surface area contributed by atoms with Gasteiger partial charge in [-0.3, -0.25) is 14.5 Å². The zero-order valence-electron chi connectivity index (χ0n) is 12.7. The number of hydrogen-bond donors (Lipinski definition) is 2. The Labute approximate surface area is 139 Å². The lowest BCUT2D eigenvalue weighted by molar-refractivity contribution is -0.117. The van der Waals surface area contributed by atoms with Crippen LogP contribution in [0.4, 0.5) is 5.69 Å². The second-order valence-corrected chi connectivity index (χ2v) is 6.39. The summed E-state index contributed by atoms with van der Waals surface area (Å²) in [6.45, 7) is 4.63. The first kappa shape index (κ1) is 16.0. The summed E-state index contributed by atoms with van der Waals surface area (Å²) in [5.41, 5.74) is 0.785. The monoisotopic (exact) mass is 333 g/mol. The number of thioether (sulfide) groups is 1. The number of carbonyl (C=O) groups is 2. The largest absolute Gasteiger partial charge is 0.379 e. The van der Waals surface area contributed by atoms with Gasteiger partial charge in [-0.1, -0.05) is 23.9 Å². The summed E-state index contributed by atoms with van der Waals surface area (Å²) in [5, 5.41) is 5.62. The van der Waals surface area contributed by atoms with Crippen molar-refractivity contribution in [1.29, 1.82) is 0 Å². The summed E-state index contributed by atoms with van der Waals surface area (Å²) >= 11 is 1.32. The van der Waals surface area contributed by atoms with Crippen LogP contribution in [0.5, 0.6) is 0 Å². The number of para-hydroxylation sites is 1. The van der Waals surface area contributed by atoms with Crippen molar-refractivity contribution in [1.82, 2.24) is 10.2 Å². The Morgan fingerprint density at radius 3 is 2.96 bits per heavy atom. The normalized spacial score (nSPS) is 20.0. The molecular weight excluding hydrogens is 314 g/mol. The van der Waals surface area contributed by atoms with Crippen LogP contribution in [0.15, 0.2) is 40.1 Å². The smallest absolute Gasteiger partial charge is 0.262 e. The molecule has 122 valence electrons. The number of hydrogen-bond acceptors (Lipinski definition) is 5. The maximum absolute atomic E-state index is 12.0. The second-order valence-electron chi connectivity index (χ2n) is 5.31. The molecule has 3 rings (SSSR count). The van der Waals surface area contributed by atoms with Gasteiger partial charge in [-0.15, -0.1) is 0 Å². The van der Waals surface area contributed by atoms with Crippen LogP contribution in [0.2, 0.25) is 0 Å². The molecule has 0 aliphatic carbocycles. The average Bonchev–Trinajstić information content (AvgIpc) is 2.56. The fourth-order valence-corrected chi connectivity index (χ4v) is 3.36. The summed E-state index contributed by atoms with van der Waals surface area (Å²) in [7, 11) is 0. The first-order valence-corrected chi connectivity index (χ1v) is 8.42. The van der Waals surface area contributed by atoms with E-state index >= 15 is 0 Å². The summed E-state index contributed by atoms with van der Waals surface area (Å²) in [4.78, 5) is 27.6. The van der Waals surface area contributed by atoms with Crippen molar-refractivity contribution < 1.29 is 14.3 Å². The van der Waals surface area contributed by atoms with Crippen LogP contribution in [-0.4, -0.2) is 56.1 Å². The quantitative estimate of drug-likeness (QED) is 0.807. The lowest BCUT2D eigenvalue weighted by atomic mass is 10.3. The molecule has 1 aromatic carbocycles. The number of anilines is 1. The zero-order valence-corrected chi connectivity index (χ0v) is 13.5. The van der Waals surface area contributed by atoms with Gasteiger partial charge in [0.2, 0.25) is 5.91 Å². The van der Waals surface area contributed by atoms with E-state index in [4.69, 9.17) is 4.74 Å². The predicted molar refractivity (Wildman–Crippen MR) is 89.3 cm³/mol. The van der Waals surface area contributed by atoms with Crippen LogP contribution in [0.1, 0.15) is 0 Å². The first-order valence-electron chi connectivity index (χ1n) is 7.60. The first-order chi connectivity index (χ1) is 11.2. The molecule has 2 N–H and O–H groups in total. The van der Waals surface area contributed by atoms with Crippen molar-refractivity contribution in [3.63, 3.8) is 0 Å². The number of amides is 2. The maximum Gasteiger partial charge on any atom is 0.262 e. The van der Waals surface area contributed by atoms with Gasteiger partial charge in [0.15, 0.2) is 0 Å². The van der Waals surface area contributed by atoms with Crippen molar-refractivity contribution in [3.8, 4) is 0 Å². The van der Waals surface area contributed by atoms with Gasteiger partial charge in [0.05, 0.1) is 23.8 Å². The Morgan fingerprint density at radius 1 is 1.35 bits per heavy atom. The Balaban J connectivity index is 1.52. The average molecular weight is 333 g/mol. The molecule has 0 bridgehead atoms. The topological polar surface area (TPSA) is 70.7 Å². The number of morpholine rings is 1. The van der Waals surface area contributed by atoms with E-state index < -0.39 is 0 Å². The molecule has 7 heteroatoms. The lowest BCUT2D eigenvalue weighted by Gasteiger charge is -2.26. The molecule has 2 aliphatic rings. The van der Waals surface area contributed by atoms with E-state index in [2.05, 4.69) is 15.5 Å². The third-order valence-corrected chi connectivity index (χ3v) is 4.77. The highest BCUT2D eigenvalue weighted by molar-refractivity contribution is 8.04. The molecule has 0 spiro atoms. The Hall–Kier alpha value is -1.83. The van der Waals surface area contributed by atoms with Crippen molar-refractivity contribution in [2.45, 2.75) is 4.90 Å². The van der Waals surface area contributed by atoms with E-state index in [1.54, 1.807) is 0 Å². The van der Waals surface area contributed by atoms with Gasteiger partial charge in [0, 0.05) is 37.2 Å². The van der Waals surface area contributed by atoms with Crippen LogP contribution in [0.25, 0.3) is 0 Å². The molecule has 1 aromatic rings. The van der Waals surface area contributed by atoms with E-state index in [-0.39, 0.29) is 11.8 Å². The van der Waals surface area contributed by atoms with Gasteiger partial charge >= 0.3 is 0 Å². The number of carbonyl (C=O) groups excluding carboxylic acids is 2. The predicted octanol–water partition coefficient (Wildman–Crippen LogP) is 1.06. The van der Waals surface area contributed by atoms with E-state index in [1.165, 1.54) is 17.8 Å². The van der Waals surface area contributed by atoms with Crippen molar-refractivity contribution in [2.24, 2.45) is 0 Å². The highest BCUT2D eigenvalue weighted by Crippen LogP contribution is 2.37. The zero-order chi connectivity index (χ0) is 16.1. The highest BCUT2D eigenvalue weighted by atomic mass is 32.2. The standard InChI is InChI=1S/C16H19N3O3S/c20-15(17-5-6-19-7-9-22-10-8-19)11-14-16(21)18-12-3-1-2-4-13(12)23-14/h1-4,11H,5-10H2,(H,17,20)(H,18,21)/b14-11-. The van der Waals surface area contributed by atoms with Gasteiger partial charge in [-0.2, -0.15) is 0 Å². The van der Waals surface area contributed by atoms with Gasteiger partial charge in [-0.05, 0) is 12.1 Å². The molecule has 0 atom stereocenters. The SMILES string of the molecule is O=C(/C=C1\Sc2ccccc2NC1=O)NCCN1CCOCC1. The number of benzene rings is 1. The number of fused-ring (bicyclic) bond motifs is 1. The van der Waals surface area contributed by atoms with Crippen LogP contribution in [-0.2, 0) is 14.3 Å². The summed E-state index contributed by atoms with van der Waals surface area (Å²) in [6, 6.07) is 7.54. The third kappa shape index (κ3) is 4.34. The van der Waals surface area contributed by atoms with E-state index in [9.17, 15) is 9.59 Å². The summed E-state index contributed by atoms with van der Waals surface area (Å²) in [6.07, 6.45) is 1.37. The molecule has 2 heterocycles. The molecule has 0 radical (unpaired) electrons. The van der Waals surface area contributed by atoms with Gasteiger partial charge in [-0.25, -0.2) is 0 Å². The van der Waals surface area contributed by atoms with Crippen molar-refractivity contribution >= 4 is 29.3 Å². The maximum atomic E-state index is 12.0. The van der Waals surface area contributed by atoms with Crippen molar-refractivity contribution in [3.05, 3.63) is 35.2 Å². The van der Waals surface area contributed by atoms with Crippen LogP contribution >= 0.6 is 11.8 Å². The fourth-order valence-electron chi connectivity index (χ4n) is 2.43. The minimum atomic E-state index is -0.240. The number of nitrogens with zero attached hydrogens (tertiary/aromatic N) is 1. The van der Waals surface area contributed by atoms with Gasteiger partial charge in [0.25, 0.3) is 5.91 Å². The molecule has 1 fully saturated rings. The van der Waals surface area contributed by atoms with E-state index in [0.717, 1.165) is 43.4 Å². The second kappa shape index (κ2) is 7.63. The van der Waals surface area contributed by atoms with Crippen LogP contribution < -0.4 is 10.6 Å². The highest BCUT2D eigenvalue weighted by Gasteiger charge is 2.21.